The number of phenolic OH excluding ortho intramolecular Hbond substituents is 1. The number of hydrogen-bond donors (Lipinski definition) is 2. The predicted octanol–water partition coefficient (Wildman–Crippen LogP) is 5.72. The van der Waals surface area contributed by atoms with Gasteiger partial charge in [-0.15, -0.1) is 0 Å². The lowest BCUT2D eigenvalue weighted by atomic mass is 10.1. The first-order chi connectivity index (χ1) is 14.9. The largest absolute Gasteiger partial charge is 0.507 e. The zero-order chi connectivity index (χ0) is 22.2. The van der Waals surface area contributed by atoms with Crippen molar-refractivity contribution in [3.05, 3.63) is 81.8 Å². The van der Waals surface area contributed by atoms with Crippen LogP contribution in [0.5, 0.6) is 11.5 Å². The lowest BCUT2D eigenvalue weighted by Crippen LogP contribution is -2.24. The fourth-order valence-corrected chi connectivity index (χ4v) is 2.98. The van der Waals surface area contributed by atoms with Gasteiger partial charge in [-0.3, -0.25) is 4.79 Å². The summed E-state index contributed by atoms with van der Waals surface area (Å²) < 4.78 is 6.44. The Kier molecular flexibility index (Phi) is 7.50. The summed E-state index contributed by atoms with van der Waals surface area (Å²) in [5.41, 5.74) is 6.06. The van der Waals surface area contributed by atoms with Crippen LogP contribution >= 0.6 is 15.9 Å². The van der Waals surface area contributed by atoms with Gasteiger partial charge in [0.2, 0.25) is 0 Å². The lowest BCUT2D eigenvalue weighted by Gasteiger charge is -2.09. The Hall–Kier alpha value is -3.52. The van der Waals surface area contributed by atoms with Crippen LogP contribution in [0.1, 0.15) is 16.7 Å². The van der Waals surface area contributed by atoms with Gasteiger partial charge in [-0.05, 0) is 67.4 Å². The molecule has 0 bridgehead atoms. The van der Waals surface area contributed by atoms with Crippen LogP contribution in [0.15, 0.2) is 80.5 Å². The van der Waals surface area contributed by atoms with Gasteiger partial charge in [-0.25, -0.2) is 5.43 Å². The van der Waals surface area contributed by atoms with Crippen molar-refractivity contribution >= 4 is 39.4 Å². The maximum absolute atomic E-state index is 12.0. The van der Waals surface area contributed by atoms with Gasteiger partial charge in [0.1, 0.15) is 11.5 Å². The van der Waals surface area contributed by atoms with Gasteiger partial charge in [0.15, 0.2) is 6.61 Å². The molecule has 8 heteroatoms. The highest BCUT2D eigenvalue weighted by Crippen LogP contribution is 2.25. The van der Waals surface area contributed by atoms with Crippen molar-refractivity contribution < 1.29 is 14.6 Å². The average molecular weight is 481 g/mol. The Labute approximate surface area is 188 Å². The molecule has 2 N–H and O–H groups in total. The smallest absolute Gasteiger partial charge is 0.277 e. The van der Waals surface area contributed by atoms with E-state index in [1.165, 1.54) is 12.3 Å². The number of amides is 1. The second kappa shape index (κ2) is 10.5. The Morgan fingerprint density at radius 1 is 1.06 bits per heavy atom. The molecule has 0 heterocycles. The maximum atomic E-state index is 12.0. The number of carbonyl (C=O) groups is 1. The summed E-state index contributed by atoms with van der Waals surface area (Å²) in [6.45, 7) is 3.74. The number of rotatable bonds is 7. The van der Waals surface area contributed by atoms with Crippen LogP contribution in [0.3, 0.4) is 0 Å². The molecule has 0 aliphatic heterocycles. The molecule has 0 saturated carbocycles. The summed E-state index contributed by atoms with van der Waals surface area (Å²) in [6, 6.07) is 17.8. The molecule has 0 aliphatic carbocycles. The normalized spacial score (nSPS) is 11.2. The van der Waals surface area contributed by atoms with Gasteiger partial charge >= 0.3 is 0 Å². The number of carbonyl (C=O) groups excluding carboxylic acids is 1. The number of nitrogens with one attached hydrogen (secondary N) is 1. The molecule has 0 unspecified atom stereocenters. The first kappa shape index (κ1) is 22.2. The van der Waals surface area contributed by atoms with Gasteiger partial charge in [0, 0.05) is 10.0 Å². The average Bonchev–Trinajstić information content (AvgIpc) is 2.75. The van der Waals surface area contributed by atoms with E-state index >= 15 is 0 Å². The predicted molar refractivity (Wildman–Crippen MR) is 124 cm³/mol. The van der Waals surface area contributed by atoms with E-state index in [1.807, 2.05) is 56.3 Å². The molecule has 0 spiro atoms. The third-order valence-electron chi connectivity index (χ3n) is 4.41. The maximum Gasteiger partial charge on any atom is 0.277 e. The summed E-state index contributed by atoms with van der Waals surface area (Å²) in [4.78, 5) is 12.0. The molecule has 3 rings (SSSR count). The second-order valence-electron chi connectivity index (χ2n) is 6.70. The van der Waals surface area contributed by atoms with Crippen LogP contribution in [0.2, 0.25) is 0 Å². The molecule has 0 radical (unpaired) electrons. The van der Waals surface area contributed by atoms with E-state index in [-0.39, 0.29) is 12.4 Å². The lowest BCUT2D eigenvalue weighted by molar-refractivity contribution is -0.123. The van der Waals surface area contributed by atoms with Crippen LogP contribution < -0.4 is 10.2 Å². The van der Waals surface area contributed by atoms with Crippen LogP contribution in [-0.4, -0.2) is 23.8 Å². The number of aromatic hydroxyl groups is 1. The quantitative estimate of drug-likeness (QED) is 0.257. The highest BCUT2D eigenvalue weighted by atomic mass is 79.9. The van der Waals surface area contributed by atoms with E-state index in [0.29, 0.717) is 22.7 Å². The fraction of sp³-hybridized carbons (Fsp3) is 0.130. The minimum Gasteiger partial charge on any atom is -0.507 e. The van der Waals surface area contributed by atoms with Gasteiger partial charge in [0.05, 0.1) is 17.6 Å². The topological polar surface area (TPSA) is 95.6 Å². The summed E-state index contributed by atoms with van der Waals surface area (Å²) in [5.74, 6) is 0.244. The molecule has 7 nitrogen and oxygen atoms in total. The molecule has 31 heavy (non-hydrogen) atoms. The van der Waals surface area contributed by atoms with Crippen LogP contribution in [0.4, 0.5) is 11.4 Å². The van der Waals surface area contributed by atoms with Crippen molar-refractivity contribution in [3.8, 4) is 11.5 Å². The number of phenols is 1. The molecule has 158 valence electrons. The molecule has 0 saturated heterocycles. The third-order valence-corrected chi connectivity index (χ3v) is 4.90. The number of halogens is 1. The van der Waals surface area contributed by atoms with Crippen molar-refractivity contribution in [1.82, 2.24) is 5.43 Å². The van der Waals surface area contributed by atoms with E-state index in [9.17, 15) is 9.90 Å². The number of nitrogens with zero attached hydrogens (tertiary/aromatic N) is 3. The van der Waals surface area contributed by atoms with Gasteiger partial charge in [-0.2, -0.15) is 15.3 Å². The van der Waals surface area contributed by atoms with E-state index < -0.39 is 5.91 Å². The van der Waals surface area contributed by atoms with Crippen molar-refractivity contribution in [3.63, 3.8) is 0 Å². The third kappa shape index (κ3) is 6.48. The zero-order valence-corrected chi connectivity index (χ0v) is 18.6. The molecular formula is C23H21BrN4O3. The first-order valence-corrected chi connectivity index (χ1v) is 10.2. The summed E-state index contributed by atoms with van der Waals surface area (Å²) >= 11 is 3.38. The zero-order valence-electron chi connectivity index (χ0n) is 17.0. The standard InChI is InChI=1S/C23H21BrN4O3/c1-15-5-3-8-22(16(15)2)31-14-23(30)28-25-13-17-11-20(9-10-21(17)29)27-26-19-7-4-6-18(24)12-19/h3-13,29H,14H2,1-2H3,(H,28,30). The number of hydrazone groups is 1. The summed E-state index contributed by atoms with van der Waals surface area (Å²) in [6.07, 6.45) is 1.34. The minimum atomic E-state index is -0.415. The van der Waals surface area contributed by atoms with E-state index in [2.05, 4.69) is 36.7 Å². The highest BCUT2D eigenvalue weighted by molar-refractivity contribution is 9.10. The summed E-state index contributed by atoms with van der Waals surface area (Å²) in [7, 11) is 0. The molecule has 3 aromatic carbocycles. The highest BCUT2D eigenvalue weighted by Gasteiger charge is 2.06. The van der Waals surface area contributed by atoms with Crippen molar-refractivity contribution in [2.45, 2.75) is 13.8 Å². The van der Waals surface area contributed by atoms with Gasteiger partial charge < -0.3 is 9.84 Å². The van der Waals surface area contributed by atoms with E-state index in [1.54, 1.807) is 12.1 Å². The Bertz CT molecular complexity index is 1150. The Morgan fingerprint density at radius 2 is 1.81 bits per heavy atom. The number of benzene rings is 3. The molecule has 0 aliphatic rings. The Morgan fingerprint density at radius 3 is 2.58 bits per heavy atom. The van der Waals surface area contributed by atoms with Gasteiger partial charge in [-0.1, -0.05) is 34.1 Å². The second-order valence-corrected chi connectivity index (χ2v) is 7.62. The summed E-state index contributed by atoms with van der Waals surface area (Å²) in [5, 5.41) is 22.2. The van der Waals surface area contributed by atoms with Crippen LogP contribution in [0.25, 0.3) is 0 Å². The van der Waals surface area contributed by atoms with Crippen LogP contribution in [-0.2, 0) is 4.79 Å². The molecule has 0 fully saturated rings. The monoisotopic (exact) mass is 480 g/mol. The van der Waals surface area contributed by atoms with Crippen LogP contribution in [0, 0.1) is 13.8 Å². The molecule has 0 aromatic heterocycles. The SMILES string of the molecule is Cc1cccc(OCC(=O)NN=Cc2cc(N=Nc3cccc(Br)c3)ccc2O)c1C. The minimum absolute atomic E-state index is 0.00559. The van der Waals surface area contributed by atoms with Crippen molar-refractivity contribution in [1.29, 1.82) is 0 Å². The first-order valence-electron chi connectivity index (χ1n) is 9.43. The fourth-order valence-electron chi connectivity index (χ4n) is 2.59. The Balaban J connectivity index is 1.59. The van der Waals surface area contributed by atoms with Gasteiger partial charge in [0.25, 0.3) is 5.91 Å². The number of hydrogen-bond acceptors (Lipinski definition) is 6. The number of ether oxygens (including phenoxy) is 1. The molecule has 1 amide bonds. The molecule has 3 aromatic rings. The van der Waals surface area contributed by atoms with Crippen molar-refractivity contribution in [2.75, 3.05) is 6.61 Å². The van der Waals surface area contributed by atoms with Crippen molar-refractivity contribution in [2.24, 2.45) is 15.3 Å². The molecular weight excluding hydrogens is 460 g/mol. The number of aryl methyl sites for hydroxylation is 1. The number of azo groups is 1. The van der Waals surface area contributed by atoms with E-state index in [0.717, 1.165) is 15.6 Å². The molecule has 0 atom stereocenters. The van der Waals surface area contributed by atoms with E-state index in [4.69, 9.17) is 4.74 Å².